The maximum atomic E-state index is 14.9. The lowest BCUT2D eigenvalue weighted by molar-refractivity contribution is -0.138. The molecular weight excluding hydrogens is 759 g/mol. The van der Waals surface area contributed by atoms with E-state index < -0.39 is 44.1 Å². The summed E-state index contributed by atoms with van der Waals surface area (Å²) < 4.78 is 125. The van der Waals surface area contributed by atoms with Crippen LogP contribution >= 0.6 is 23.9 Å². The summed E-state index contributed by atoms with van der Waals surface area (Å²) in [5.74, 6) is 1.65. The van der Waals surface area contributed by atoms with E-state index in [1.807, 2.05) is 20.7 Å². The smallest absolute Gasteiger partial charge is 0.416 e. The van der Waals surface area contributed by atoms with E-state index in [0.29, 0.717) is 68.5 Å². The molecule has 0 amide bonds. The van der Waals surface area contributed by atoms with Gasteiger partial charge in [-0.25, -0.2) is 17.0 Å². The van der Waals surface area contributed by atoms with Crippen molar-refractivity contribution in [3.63, 3.8) is 0 Å². The molecule has 280 valence electrons. The molecule has 6 nitrogen and oxygen atoms in total. The maximum Gasteiger partial charge on any atom is 0.416 e. The summed E-state index contributed by atoms with van der Waals surface area (Å²) in [6, 6.07) is 20.5. The van der Waals surface area contributed by atoms with Gasteiger partial charge in [0, 0.05) is 13.1 Å². The number of hydrogen-bond acceptors (Lipinski definition) is 8. The summed E-state index contributed by atoms with van der Waals surface area (Å²) in [6.07, 6.45) is -4.97. The summed E-state index contributed by atoms with van der Waals surface area (Å²) >= 11 is 2.59. The molecule has 2 heterocycles. The van der Waals surface area contributed by atoms with E-state index in [-0.39, 0.29) is 13.2 Å². The summed E-state index contributed by atoms with van der Waals surface area (Å²) in [5.41, 5.74) is 1.06. The van der Waals surface area contributed by atoms with Crippen molar-refractivity contribution in [1.82, 2.24) is 8.61 Å². The molecule has 2 aliphatic carbocycles. The van der Waals surface area contributed by atoms with E-state index in [1.54, 1.807) is 24.3 Å². The fourth-order valence-electron chi connectivity index (χ4n) is 6.44. The average molecular weight is 793 g/mol. The number of fused-ring (bicyclic) bond motifs is 2. The number of halogens is 6. The molecule has 15 heteroatoms. The van der Waals surface area contributed by atoms with Crippen LogP contribution in [-0.4, -0.2) is 54.1 Å². The highest BCUT2D eigenvalue weighted by molar-refractivity contribution is 8.00. The second-order valence-electron chi connectivity index (χ2n) is 13.9. The first-order valence-electron chi connectivity index (χ1n) is 17.2. The van der Waals surface area contributed by atoms with Gasteiger partial charge in [0.1, 0.15) is 24.7 Å². The van der Waals surface area contributed by atoms with E-state index in [0.717, 1.165) is 49.9 Å². The molecule has 0 bridgehead atoms. The fourth-order valence-corrected chi connectivity index (χ4v) is 11.3. The fraction of sp³-hybridized carbons (Fsp3) is 0.368. The zero-order valence-electron chi connectivity index (χ0n) is 28.1. The molecule has 2 unspecified atom stereocenters. The minimum absolute atomic E-state index is 0.127. The van der Waals surface area contributed by atoms with Gasteiger partial charge in [-0.1, -0.05) is 36.4 Å². The van der Waals surface area contributed by atoms with E-state index in [4.69, 9.17) is 9.47 Å². The molecule has 2 atom stereocenters. The lowest BCUT2D eigenvalue weighted by atomic mass is 10.0. The molecule has 8 rings (SSSR count). The Morgan fingerprint density at radius 1 is 0.566 bits per heavy atom. The van der Waals surface area contributed by atoms with Crippen LogP contribution in [0.4, 0.5) is 26.3 Å². The molecule has 2 fully saturated rings. The molecule has 4 aromatic carbocycles. The Labute approximate surface area is 312 Å². The van der Waals surface area contributed by atoms with Crippen LogP contribution in [0, 0.1) is 11.8 Å². The zero-order chi connectivity index (χ0) is 37.1. The van der Waals surface area contributed by atoms with Gasteiger partial charge in [0.25, 0.3) is 0 Å². The molecule has 4 aliphatic rings. The van der Waals surface area contributed by atoms with Crippen molar-refractivity contribution in [3.05, 3.63) is 96.1 Å². The van der Waals surface area contributed by atoms with Crippen molar-refractivity contribution in [2.75, 3.05) is 26.3 Å². The number of hydrogen-bond donors (Lipinski definition) is 0. The topological polar surface area (TPSA) is 59.1 Å². The van der Waals surface area contributed by atoms with E-state index in [1.165, 1.54) is 48.2 Å². The molecule has 53 heavy (non-hydrogen) atoms. The third-order valence-electron chi connectivity index (χ3n) is 9.84. The van der Waals surface area contributed by atoms with Crippen LogP contribution in [0.3, 0.4) is 0 Å². The third kappa shape index (κ3) is 8.05. The van der Waals surface area contributed by atoms with Crippen molar-refractivity contribution in [2.24, 2.45) is 11.8 Å². The van der Waals surface area contributed by atoms with Crippen molar-refractivity contribution < 1.29 is 44.2 Å². The van der Waals surface area contributed by atoms with E-state index >= 15 is 0 Å². The van der Waals surface area contributed by atoms with Crippen LogP contribution in [-0.2, 0) is 22.2 Å². The van der Waals surface area contributed by atoms with E-state index in [9.17, 15) is 34.8 Å². The van der Waals surface area contributed by atoms with Crippen molar-refractivity contribution >= 4 is 33.7 Å². The minimum Gasteiger partial charge on any atom is -0.490 e. The van der Waals surface area contributed by atoms with Crippen molar-refractivity contribution in [3.8, 4) is 33.8 Å². The Morgan fingerprint density at radius 3 is 1.26 bits per heavy atom. The highest BCUT2D eigenvalue weighted by atomic mass is 32.2. The molecule has 0 saturated heterocycles. The first kappa shape index (κ1) is 36.6. The Kier molecular flexibility index (Phi) is 9.70. The van der Waals surface area contributed by atoms with Crippen LogP contribution < -0.4 is 9.47 Å². The van der Waals surface area contributed by atoms with Gasteiger partial charge >= 0.3 is 12.4 Å². The van der Waals surface area contributed by atoms with E-state index in [2.05, 4.69) is 0 Å². The molecule has 4 aromatic rings. The van der Waals surface area contributed by atoms with Gasteiger partial charge in [-0.05, 0) is 132 Å². The first-order chi connectivity index (χ1) is 25.2. The SMILES string of the molecule is O=S(=O)(C1COc2ccc(-c3ccc(C(F)(F)F)cc3)cc2SN1CC1CC1)C1COc2ccc(-c3ccc(C(F)(F)F)cc3)cc2SN1CC1CC1. The maximum absolute atomic E-state index is 14.9. The summed E-state index contributed by atoms with van der Waals surface area (Å²) in [4.78, 5) is 1.34. The molecule has 0 spiro atoms. The molecule has 0 radical (unpaired) electrons. The van der Waals surface area contributed by atoms with Gasteiger partial charge < -0.3 is 9.47 Å². The number of nitrogens with zero attached hydrogens (tertiary/aromatic N) is 2. The van der Waals surface area contributed by atoms with Gasteiger partial charge in [-0.2, -0.15) is 26.3 Å². The number of benzene rings is 4. The van der Waals surface area contributed by atoms with Crippen molar-refractivity contribution in [1.29, 1.82) is 0 Å². The van der Waals surface area contributed by atoms with Crippen LogP contribution in [0.2, 0.25) is 0 Å². The van der Waals surface area contributed by atoms with Gasteiger partial charge in [0.15, 0.2) is 20.6 Å². The van der Waals surface area contributed by atoms with Crippen LogP contribution in [0.25, 0.3) is 22.3 Å². The number of alkyl halides is 6. The monoisotopic (exact) mass is 792 g/mol. The summed E-state index contributed by atoms with van der Waals surface area (Å²) in [6.45, 7) is 0.778. The molecule has 2 saturated carbocycles. The highest BCUT2D eigenvalue weighted by Crippen LogP contribution is 2.47. The Hall–Kier alpha value is -3.37. The highest BCUT2D eigenvalue weighted by Gasteiger charge is 2.47. The lowest BCUT2D eigenvalue weighted by Gasteiger charge is -2.34. The Bertz CT molecular complexity index is 1940. The van der Waals surface area contributed by atoms with Crippen LogP contribution in [0.5, 0.6) is 11.5 Å². The molecular formula is C38H34F6N2O4S3. The largest absolute Gasteiger partial charge is 0.490 e. The van der Waals surface area contributed by atoms with Crippen molar-refractivity contribution in [2.45, 2.75) is 58.6 Å². The first-order valence-corrected chi connectivity index (χ1v) is 20.4. The Morgan fingerprint density at radius 2 is 0.925 bits per heavy atom. The predicted molar refractivity (Wildman–Crippen MR) is 192 cm³/mol. The van der Waals surface area contributed by atoms with Gasteiger partial charge in [0.2, 0.25) is 0 Å². The molecule has 2 aliphatic heterocycles. The second-order valence-corrected chi connectivity index (χ2v) is 18.3. The second kappa shape index (κ2) is 14.0. The summed E-state index contributed by atoms with van der Waals surface area (Å²) in [5, 5.41) is -2.07. The van der Waals surface area contributed by atoms with Crippen LogP contribution in [0.1, 0.15) is 36.8 Å². The normalized spacial score (nSPS) is 21.5. The zero-order valence-corrected chi connectivity index (χ0v) is 30.5. The minimum atomic E-state index is -4.45. The van der Waals surface area contributed by atoms with Gasteiger partial charge in [-0.15, -0.1) is 0 Å². The lowest BCUT2D eigenvalue weighted by Crippen LogP contribution is -2.52. The Balaban J connectivity index is 1.07. The third-order valence-corrected chi connectivity index (χ3v) is 14.7. The summed E-state index contributed by atoms with van der Waals surface area (Å²) in [7, 11) is -4.02. The number of sulfone groups is 1. The quantitative estimate of drug-likeness (QED) is 0.129. The average Bonchev–Trinajstić information content (AvgIpc) is 4.04. The number of ether oxygens (including phenoxy) is 2. The van der Waals surface area contributed by atoms with Gasteiger partial charge in [-0.3, -0.25) is 0 Å². The molecule has 0 N–H and O–H groups in total. The van der Waals surface area contributed by atoms with Crippen LogP contribution in [0.15, 0.2) is 94.7 Å². The standard InChI is InChI=1S/C38H34F6N2O4S3/c39-37(40,41)29-11-5-25(6-12-29)27-9-15-31-33(17-27)51-45(19-23-1-2-23)35(21-49-31)53(47,48)36-22-50-32-16-10-28(18-34(32)52-46(36)20-24-3-4-24)26-7-13-30(14-8-26)38(42,43)44/h5-18,23-24,35-36H,1-4,19-22H2. The molecule has 0 aromatic heterocycles. The number of rotatable bonds is 8. The van der Waals surface area contributed by atoms with Gasteiger partial charge in [0.05, 0.1) is 20.9 Å². The predicted octanol–water partition coefficient (Wildman–Crippen LogP) is 10.0.